The molecule has 2 aromatic rings. The van der Waals surface area contributed by atoms with Gasteiger partial charge in [-0.1, -0.05) is 12.1 Å². The summed E-state index contributed by atoms with van der Waals surface area (Å²) in [5.74, 6) is 0.122. The summed E-state index contributed by atoms with van der Waals surface area (Å²) in [6.45, 7) is 2.72. The van der Waals surface area contributed by atoms with E-state index in [2.05, 4.69) is 16.4 Å². The number of carbonyl (C=O) groups is 1. The minimum absolute atomic E-state index is 0. The van der Waals surface area contributed by atoms with E-state index in [0.29, 0.717) is 19.6 Å². The van der Waals surface area contributed by atoms with Crippen LogP contribution in [0.4, 0.5) is 0 Å². The molecule has 1 unspecified atom stereocenters. The van der Waals surface area contributed by atoms with Gasteiger partial charge in [0.05, 0.1) is 30.0 Å². The van der Waals surface area contributed by atoms with E-state index >= 15 is 0 Å². The molecule has 1 saturated heterocycles. The second-order valence-corrected chi connectivity index (χ2v) is 6.37. The van der Waals surface area contributed by atoms with Gasteiger partial charge in [0.2, 0.25) is 5.91 Å². The molecule has 1 atom stereocenters. The first-order valence-electron chi connectivity index (χ1n) is 7.12. The Kier molecular flexibility index (Phi) is 8.22. The molecule has 1 aliphatic rings. The number of thiazole rings is 1. The van der Waals surface area contributed by atoms with Gasteiger partial charge in [0.1, 0.15) is 5.01 Å². The predicted molar refractivity (Wildman–Crippen MR) is 97.8 cm³/mol. The van der Waals surface area contributed by atoms with Gasteiger partial charge in [-0.25, -0.2) is 4.98 Å². The van der Waals surface area contributed by atoms with Crippen molar-refractivity contribution in [3.05, 3.63) is 29.3 Å². The second-order valence-electron chi connectivity index (χ2n) is 5.26. The van der Waals surface area contributed by atoms with Crippen molar-refractivity contribution in [1.29, 1.82) is 0 Å². The molecule has 0 radical (unpaired) electrons. The van der Waals surface area contributed by atoms with Crippen LogP contribution in [0.2, 0.25) is 0 Å². The zero-order chi connectivity index (χ0) is 14.7. The molecule has 8 heteroatoms. The molecule has 0 aliphatic carbocycles. The molecule has 1 amide bonds. The van der Waals surface area contributed by atoms with Crippen molar-refractivity contribution in [1.82, 2.24) is 15.2 Å². The Labute approximate surface area is 152 Å². The number of hydrogen-bond acceptors (Lipinski definition) is 5. The third kappa shape index (κ3) is 5.29. The highest BCUT2D eigenvalue weighted by atomic mass is 35.5. The van der Waals surface area contributed by atoms with Crippen LogP contribution in [0, 0.1) is 0 Å². The van der Waals surface area contributed by atoms with E-state index in [0.717, 1.165) is 28.4 Å². The van der Waals surface area contributed by atoms with Crippen molar-refractivity contribution in [2.24, 2.45) is 0 Å². The third-order valence-corrected chi connectivity index (χ3v) is 4.58. The van der Waals surface area contributed by atoms with E-state index < -0.39 is 0 Å². The molecule has 0 saturated carbocycles. The molecule has 1 aromatic carbocycles. The summed E-state index contributed by atoms with van der Waals surface area (Å²) in [6, 6.07) is 8.18. The van der Waals surface area contributed by atoms with Crippen LogP contribution in [0.1, 0.15) is 11.4 Å². The minimum Gasteiger partial charge on any atom is -0.378 e. The van der Waals surface area contributed by atoms with Crippen LogP contribution in [-0.2, 0) is 16.1 Å². The Morgan fingerprint density at radius 3 is 2.91 bits per heavy atom. The fourth-order valence-corrected chi connectivity index (χ4v) is 3.42. The highest BCUT2D eigenvalue weighted by Crippen LogP contribution is 2.22. The van der Waals surface area contributed by atoms with E-state index in [1.54, 1.807) is 16.2 Å². The highest BCUT2D eigenvalue weighted by Gasteiger charge is 2.20. The molecule has 23 heavy (non-hydrogen) atoms. The standard InChI is InChI=1S/C15H19N3O2S.2ClH/c1-18(15(19)8-11-10-20-7-6-16-11)9-14-17-12-4-2-3-5-13(12)21-14;;/h2-5,11,16H,6-10H2,1H3;2*1H. The number of rotatable bonds is 4. The van der Waals surface area contributed by atoms with Crippen LogP contribution < -0.4 is 5.32 Å². The lowest BCUT2D eigenvalue weighted by atomic mass is 10.2. The topological polar surface area (TPSA) is 54.5 Å². The van der Waals surface area contributed by atoms with Gasteiger partial charge in [-0.3, -0.25) is 4.79 Å². The number of para-hydroxylation sites is 1. The van der Waals surface area contributed by atoms with Gasteiger partial charge < -0.3 is 15.0 Å². The predicted octanol–water partition coefficient (Wildman–Crippen LogP) is 2.48. The minimum atomic E-state index is 0. The number of fused-ring (bicyclic) bond motifs is 1. The molecule has 1 aromatic heterocycles. The van der Waals surface area contributed by atoms with E-state index in [1.807, 2.05) is 25.2 Å². The maximum Gasteiger partial charge on any atom is 0.224 e. The first kappa shape index (κ1) is 20.1. The first-order chi connectivity index (χ1) is 10.2. The van der Waals surface area contributed by atoms with E-state index in [1.165, 1.54) is 0 Å². The fraction of sp³-hybridized carbons (Fsp3) is 0.467. The van der Waals surface area contributed by atoms with Gasteiger partial charge in [0.25, 0.3) is 0 Å². The van der Waals surface area contributed by atoms with Crippen LogP contribution in [0.25, 0.3) is 10.2 Å². The van der Waals surface area contributed by atoms with Crippen LogP contribution in [0.5, 0.6) is 0 Å². The number of amides is 1. The highest BCUT2D eigenvalue weighted by molar-refractivity contribution is 7.18. The van der Waals surface area contributed by atoms with Gasteiger partial charge in [0, 0.05) is 26.1 Å². The molecule has 3 rings (SSSR count). The number of benzene rings is 1. The molecule has 128 valence electrons. The first-order valence-corrected chi connectivity index (χ1v) is 7.93. The van der Waals surface area contributed by atoms with Crippen molar-refractivity contribution in [2.45, 2.75) is 19.0 Å². The number of nitrogens with one attached hydrogen (secondary N) is 1. The van der Waals surface area contributed by atoms with Crippen molar-refractivity contribution in [3.8, 4) is 0 Å². The molecule has 2 heterocycles. The normalized spacial score (nSPS) is 17.2. The van der Waals surface area contributed by atoms with E-state index in [-0.39, 0.29) is 36.8 Å². The molecular weight excluding hydrogens is 357 g/mol. The zero-order valence-electron chi connectivity index (χ0n) is 12.9. The number of hydrogen-bond donors (Lipinski definition) is 1. The lowest BCUT2D eigenvalue weighted by Gasteiger charge is -2.25. The lowest BCUT2D eigenvalue weighted by molar-refractivity contribution is -0.131. The molecule has 1 N–H and O–H groups in total. The van der Waals surface area contributed by atoms with Crippen molar-refractivity contribution in [2.75, 3.05) is 26.8 Å². The van der Waals surface area contributed by atoms with Gasteiger partial charge >= 0.3 is 0 Å². The summed E-state index contributed by atoms with van der Waals surface area (Å²) in [5, 5.41) is 4.28. The molecular formula is C15H21Cl2N3O2S. The number of carbonyl (C=O) groups excluding carboxylic acids is 1. The summed E-state index contributed by atoms with van der Waals surface area (Å²) in [5.41, 5.74) is 1.00. The van der Waals surface area contributed by atoms with Crippen LogP contribution in [0.15, 0.2) is 24.3 Å². The second kappa shape index (κ2) is 9.39. The number of ether oxygens (including phenoxy) is 1. The Balaban J connectivity index is 0.00000132. The SMILES string of the molecule is CN(Cc1nc2ccccc2s1)C(=O)CC1COCCN1.Cl.Cl. The molecule has 0 bridgehead atoms. The molecule has 0 spiro atoms. The van der Waals surface area contributed by atoms with Gasteiger partial charge in [-0.2, -0.15) is 0 Å². The summed E-state index contributed by atoms with van der Waals surface area (Å²) >= 11 is 1.64. The van der Waals surface area contributed by atoms with Gasteiger partial charge in [-0.15, -0.1) is 36.2 Å². The van der Waals surface area contributed by atoms with Crippen molar-refractivity contribution < 1.29 is 9.53 Å². The smallest absolute Gasteiger partial charge is 0.224 e. The van der Waals surface area contributed by atoms with Gasteiger partial charge in [-0.05, 0) is 12.1 Å². The Bertz CT molecular complexity index is 599. The van der Waals surface area contributed by atoms with Crippen LogP contribution in [-0.4, -0.2) is 48.6 Å². The number of aromatic nitrogens is 1. The van der Waals surface area contributed by atoms with Crippen molar-refractivity contribution >= 4 is 52.3 Å². The lowest BCUT2D eigenvalue weighted by Crippen LogP contribution is -2.44. The van der Waals surface area contributed by atoms with Crippen LogP contribution in [0.3, 0.4) is 0 Å². The van der Waals surface area contributed by atoms with Gasteiger partial charge in [0.15, 0.2) is 0 Å². The number of halogens is 2. The average molecular weight is 378 g/mol. The summed E-state index contributed by atoms with van der Waals surface area (Å²) in [7, 11) is 1.83. The Morgan fingerprint density at radius 1 is 1.43 bits per heavy atom. The Morgan fingerprint density at radius 2 is 2.22 bits per heavy atom. The fourth-order valence-electron chi connectivity index (χ4n) is 2.40. The third-order valence-electron chi connectivity index (χ3n) is 3.56. The van der Waals surface area contributed by atoms with E-state index in [4.69, 9.17) is 4.74 Å². The zero-order valence-corrected chi connectivity index (χ0v) is 15.3. The van der Waals surface area contributed by atoms with E-state index in [9.17, 15) is 4.79 Å². The summed E-state index contributed by atoms with van der Waals surface area (Å²) < 4.78 is 6.54. The summed E-state index contributed by atoms with van der Waals surface area (Å²) in [6.07, 6.45) is 0.474. The van der Waals surface area contributed by atoms with Crippen LogP contribution >= 0.6 is 36.2 Å². The number of morpholine rings is 1. The summed E-state index contributed by atoms with van der Waals surface area (Å²) in [4.78, 5) is 18.5. The Hall–Kier alpha value is -0.920. The van der Waals surface area contributed by atoms with Crippen molar-refractivity contribution in [3.63, 3.8) is 0 Å². The quantitative estimate of drug-likeness (QED) is 0.888. The molecule has 1 fully saturated rings. The largest absolute Gasteiger partial charge is 0.378 e. The molecule has 5 nitrogen and oxygen atoms in total. The maximum absolute atomic E-state index is 12.2. The number of nitrogens with zero attached hydrogens (tertiary/aromatic N) is 2. The monoisotopic (exact) mass is 377 g/mol. The molecule has 1 aliphatic heterocycles. The average Bonchev–Trinajstić information content (AvgIpc) is 2.90. The maximum atomic E-state index is 12.2.